The summed E-state index contributed by atoms with van der Waals surface area (Å²) in [7, 11) is 0. The first-order chi connectivity index (χ1) is 12.7. The third kappa shape index (κ3) is 3.67. The number of nitrogens with one attached hydrogen (secondary N) is 1. The topological polar surface area (TPSA) is 41.1 Å². The largest absolute Gasteiger partial charge is 0.366 e. The van der Waals surface area contributed by atoms with Gasteiger partial charge in [0.05, 0.1) is 0 Å². The minimum atomic E-state index is -0.223. The Morgan fingerprint density at radius 1 is 1.04 bits per heavy atom. The number of nitrogens with zero attached hydrogens (tertiary/aromatic N) is 3. The summed E-state index contributed by atoms with van der Waals surface area (Å²) in [6.07, 6.45) is 1.01. The van der Waals surface area contributed by atoms with Gasteiger partial charge in [0.25, 0.3) is 0 Å². The fourth-order valence-electron chi connectivity index (χ4n) is 3.25. The van der Waals surface area contributed by atoms with Gasteiger partial charge in [0.15, 0.2) is 0 Å². The minimum absolute atomic E-state index is 0.223. The second kappa shape index (κ2) is 7.12. The molecule has 4 rings (SSSR count). The number of fused-ring (bicyclic) bond motifs is 1. The first kappa shape index (κ1) is 16.5. The maximum atomic E-state index is 13.0. The van der Waals surface area contributed by atoms with E-state index in [1.54, 1.807) is 12.1 Å². The molecular weight excluding hydrogens is 327 g/mol. The van der Waals surface area contributed by atoms with E-state index in [1.807, 2.05) is 13.0 Å². The van der Waals surface area contributed by atoms with Crippen molar-refractivity contribution in [3.05, 3.63) is 82.8 Å². The Morgan fingerprint density at radius 2 is 1.81 bits per heavy atom. The standard InChI is InChI=1S/C21H21FN4/c1-15-12-20(23-13-16-6-8-19(22)9-7-16)25-21(24-15)26-11-10-17-4-2-3-5-18(17)14-26/h2-9,12H,10-11,13-14H2,1H3,(H,23,24,25). The van der Waals surface area contributed by atoms with Gasteiger partial charge in [-0.25, -0.2) is 9.37 Å². The number of rotatable bonds is 4. The van der Waals surface area contributed by atoms with E-state index in [4.69, 9.17) is 4.98 Å². The normalized spacial score (nSPS) is 13.4. The van der Waals surface area contributed by atoms with Gasteiger partial charge >= 0.3 is 0 Å². The van der Waals surface area contributed by atoms with E-state index < -0.39 is 0 Å². The second-order valence-corrected chi connectivity index (χ2v) is 6.61. The van der Waals surface area contributed by atoms with E-state index in [1.165, 1.54) is 23.3 Å². The van der Waals surface area contributed by atoms with Gasteiger partial charge < -0.3 is 10.2 Å². The molecule has 26 heavy (non-hydrogen) atoms. The highest BCUT2D eigenvalue weighted by Gasteiger charge is 2.18. The highest BCUT2D eigenvalue weighted by molar-refractivity contribution is 5.46. The van der Waals surface area contributed by atoms with E-state index >= 15 is 0 Å². The van der Waals surface area contributed by atoms with Crippen molar-refractivity contribution < 1.29 is 4.39 Å². The van der Waals surface area contributed by atoms with Gasteiger partial charge in [-0.3, -0.25) is 0 Å². The molecule has 0 radical (unpaired) electrons. The Balaban J connectivity index is 1.50. The van der Waals surface area contributed by atoms with Crippen LogP contribution in [0.4, 0.5) is 16.2 Å². The number of anilines is 2. The average Bonchev–Trinajstić information content (AvgIpc) is 2.67. The van der Waals surface area contributed by atoms with E-state index in [0.29, 0.717) is 6.54 Å². The van der Waals surface area contributed by atoms with Gasteiger partial charge in [-0.1, -0.05) is 36.4 Å². The smallest absolute Gasteiger partial charge is 0.227 e. The van der Waals surface area contributed by atoms with Crippen LogP contribution in [0.15, 0.2) is 54.6 Å². The average molecular weight is 348 g/mol. The maximum absolute atomic E-state index is 13.0. The summed E-state index contributed by atoms with van der Waals surface area (Å²) in [5.41, 5.74) is 4.68. The van der Waals surface area contributed by atoms with E-state index in [9.17, 15) is 4.39 Å². The molecule has 3 aromatic rings. The highest BCUT2D eigenvalue weighted by atomic mass is 19.1. The van der Waals surface area contributed by atoms with Crippen molar-refractivity contribution in [2.24, 2.45) is 0 Å². The van der Waals surface area contributed by atoms with Crippen molar-refractivity contribution in [2.75, 3.05) is 16.8 Å². The van der Waals surface area contributed by atoms with Crippen LogP contribution in [0.3, 0.4) is 0 Å². The summed E-state index contributed by atoms with van der Waals surface area (Å²) in [6, 6.07) is 17.0. The SMILES string of the molecule is Cc1cc(NCc2ccc(F)cc2)nc(N2CCc3ccccc3C2)n1. The van der Waals surface area contributed by atoms with Gasteiger partial charge in [0, 0.05) is 31.4 Å². The molecule has 1 N–H and O–H groups in total. The molecular formula is C21H21FN4. The summed E-state index contributed by atoms with van der Waals surface area (Å²) >= 11 is 0. The van der Waals surface area contributed by atoms with E-state index in [-0.39, 0.29) is 5.82 Å². The number of halogens is 1. The molecule has 0 aliphatic carbocycles. The number of aryl methyl sites for hydroxylation is 1. The molecule has 0 amide bonds. The first-order valence-corrected chi connectivity index (χ1v) is 8.83. The van der Waals surface area contributed by atoms with Gasteiger partial charge in [-0.15, -0.1) is 0 Å². The third-order valence-corrected chi connectivity index (χ3v) is 4.64. The molecule has 1 aliphatic rings. The molecule has 1 aromatic heterocycles. The number of hydrogen-bond donors (Lipinski definition) is 1. The molecule has 2 heterocycles. The predicted molar refractivity (Wildman–Crippen MR) is 102 cm³/mol. The fraction of sp³-hybridized carbons (Fsp3) is 0.238. The molecule has 0 unspecified atom stereocenters. The van der Waals surface area contributed by atoms with Gasteiger partial charge in [-0.2, -0.15) is 4.98 Å². The Bertz CT molecular complexity index is 908. The van der Waals surface area contributed by atoms with Crippen LogP contribution in [0.2, 0.25) is 0 Å². The van der Waals surface area contributed by atoms with E-state index in [2.05, 4.69) is 39.5 Å². The number of benzene rings is 2. The van der Waals surface area contributed by atoms with Crippen molar-refractivity contribution in [1.29, 1.82) is 0 Å². The predicted octanol–water partition coefficient (Wildman–Crippen LogP) is 4.10. The first-order valence-electron chi connectivity index (χ1n) is 8.83. The van der Waals surface area contributed by atoms with Crippen LogP contribution < -0.4 is 10.2 Å². The molecule has 0 fully saturated rings. The van der Waals surface area contributed by atoms with Crippen molar-refractivity contribution in [3.8, 4) is 0 Å². The molecule has 4 nitrogen and oxygen atoms in total. The van der Waals surface area contributed by atoms with Gasteiger partial charge in [0.2, 0.25) is 5.95 Å². The van der Waals surface area contributed by atoms with Crippen LogP contribution >= 0.6 is 0 Å². The number of hydrogen-bond acceptors (Lipinski definition) is 4. The molecule has 0 atom stereocenters. The molecule has 0 spiro atoms. The summed E-state index contributed by atoms with van der Waals surface area (Å²) in [6.45, 7) is 4.32. The van der Waals surface area contributed by atoms with Crippen LogP contribution in [0.5, 0.6) is 0 Å². The molecule has 5 heteroatoms. The van der Waals surface area contributed by atoms with Crippen molar-refractivity contribution in [1.82, 2.24) is 9.97 Å². The zero-order valence-electron chi connectivity index (χ0n) is 14.7. The molecule has 132 valence electrons. The van der Waals surface area contributed by atoms with Crippen molar-refractivity contribution in [2.45, 2.75) is 26.4 Å². The molecule has 0 saturated carbocycles. The van der Waals surface area contributed by atoms with Crippen LogP contribution in [0.1, 0.15) is 22.4 Å². The highest BCUT2D eigenvalue weighted by Crippen LogP contribution is 2.23. The Labute approximate surface area is 152 Å². The summed E-state index contributed by atoms with van der Waals surface area (Å²) in [5.74, 6) is 1.32. The lowest BCUT2D eigenvalue weighted by molar-refractivity contribution is 0.627. The van der Waals surface area contributed by atoms with Crippen LogP contribution in [-0.4, -0.2) is 16.5 Å². The van der Waals surface area contributed by atoms with Crippen LogP contribution in [0.25, 0.3) is 0 Å². The molecule has 0 bridgehead atoms. The quantitative estimate of drug-likeness (QED) is 0.771. The second-order valence-electron chi connectivity index (χ2n) is 6.61. The molecule has 0 saturated heterocycles. The summed E-state index contributed by atoms with van der Waals surface area (Å²) in [5, 5.41) is 3.32. The zero-order chi connectivity index (χ0) is 17.9. The van der Waals surface area contributed by atoms with E-state index in [0.717, 1.165) is 42.5 Å². The Hall–Kier alpha value is -2.95. The maximum Gasteiger partial charge on any atom is 0.227 e. The zero-order valence-corrected chi connectivity index (χ0v) is 14.7. The molecule has 2 aromatic carbocycles. The van der Waals surface area contributed by atoms with Gasteiger partial charge in [0.1, 0.15) is 11.6 Å². The fourth-order valence-corrected chi connectivity index (χ4v) is 3.25. The van der Waals surface area contributed by atoms with Crippen LogP contribution in [0, 0.1) is 12.7 Å². The lowest BCUT2D eigenvalue weighted by Crippen LogP contribution is -2.32. The number of aromatic nitrogens is 2. The third-order valence-electron chi connectivity index (χ3n) is 4.64. The van der Waals surface area contributed by atoms with Crippen molar-refractivity contribution >= 4 is 11.8 Å². The summed E-state index contributed by atoms with van der Waals surface area (Å²) in [4.78, 5) is 11.5. The monoisotopic (exact) mass is 348 g/mol. The van der Waals surface area contributed by atoms with Crippen LogP contribution in [-0.2, 0) is 19.5 Å². The lowest BCUT2D eigenvalue weighted by atomic mass is 10.0. The lowest BCUT2D eigenvalue weighted by Gasteiger charge is -2.29. The Morgan fingerprint density at radius 3 is 2.62 bits per heavy atom. The van der Waals surface area contributed by atoms with Crippen molar-refractivity contribution in [3.63, 3.8) is 0 Å². The molecule has 1 aliphatic heterocycles. The van der Waals surface area contributed by atoms with Gasteiger partial charge in [-0.05, 0) is 42.2 Å². The summed E-state index contributed by atoms with van der Waals surface area (Å²) < 4.78 is 13.0. The Kier molecular flexibility index (Phi) is 4.52. The minimum Gasteiger partial charge on any atom is -0.366 e.